The monoisotopic (exact) mass is 249 g/mol. The topological polar surface area (TPSA) is 48.4 Å². The van der Waals surface area contributed by atoms with Crippen LogP contribution in [0, 0.1) is 0 Å². The van der Waals surface area contributed by atoms with E-state index in [2.05, 4.69) is 4.98 Å². The molecule has 1 saturated heterocycles. The van der Waals surface area contributed by atoms with Gasteiger partial charge < -0.3 is 9.47 Å². The summed E-state index contributed by atoms with van der Waals surface area (Å²) < 4.78 is 11.1. The quantitative estimate of drug-likeness (QED) is 0.761. The fourth-order valence-corrected chi connectivity index (χ4v) is 3.02. The van der Waals surface area contributed by atoms with Gasteiger partial charge in [-0.05, 0) is 12.1 Å². The summed E-state index contributed by atoms with van der Waals surface area (Å²) in [4.78, 5) is 16.4. The molecule has 0 spiro atoms. The zero-order chi connectivity index (χ0) is 11.9. The van der Waals surface area contributed by atoms with E-state index in [4.69, 9.17) is 9.47 Å². The number of nitrogens with zero attached hydrogens (tertiary/aromatic N) is 1. The number of rotatable bonds is 2. The Balaban J connectivity index is 2.10. The second kappa shape index (κ2) is 3.78. The average molecular weight is 249 g/mol. The van der Waals surface area contributed by atoms with Crippen LogP contribution in [0.5, 0.6) is 0 Å². The number of esters is 1. The van der Waals surface area contributed by atoms with Gasteiger partial charge in [-0.3, -0.25) is 4.79 Å². The lowest BCUT2D eigenvalue weighted by atomic mass is 9.87. The summed E-state index contributed by atoms with van der Waals surface area (Å²) in [6.07, 6.45) is 0. The summed E-state index contributed by atoms with van der Waals surface area (Å²) in [7, 11) is 1.40. The van der Waals surface area contributed by atoms with E-state index in [9.17, 15) is 4.79 Å². The number of ether oxygens (including phenoxy) is 2. The highest BCUT2D eigenvalue weighted by Crippen LogP contribution is 2.38. The minimum Gasteiger partial charge on any atom is -0.468 e. The smallest absolute Gasteiger partial charge is 0.323 e. The zero-order valence-electron chi connectivity index (χ0n) is 9.30. The molecule has 1 aliphatic rings. The van der Waals surface area contributed by atoms with Gasteiger partial charge in [-0.15, -0.1) is 11.3 Å². The summed E-state index contributed by atoms with van der Waals surface area (Å²) in [6, 6.07) is 7.85. The van der Waals surface area contributed by atoms with Gasteiger partial charge >= 0.3 is 5.97 Å². The van der Waals surface area contributed by atoms with Crippen LogP contribution in [0.25, 0.3) is 10.2 Å². The van der Waals surface area contributed by atoms with E-state index in [-0.39, 0.29) is 5.97 Å². The highest BCUT2D eigenvalue weighted by molar-refractivity contribution is 7.18. The molecular weight excluding hydrogens is 238 g/mol. The second-order valence-corrected chi connectivity index (χ2v) is 5.08. The number of carbonyl (C=O) groups excluding carboxylic acids is 1. The molecule has 0 unspecified atom stereocenters. The highest BCUT2D eigenvalue weighted by atomic mass is 32.1. The van der Waals surface area contributed by atoms with Crippen LogP contribution >= 0.6 is 11.3 Å². The maximum absolute atomic E-state index is 11.9. The molecule has 4 nitrogen and oxygen atoms in total. The Morgan fingerprint density at radius 3 is 2.82 bits per heavy atom. The van der Waals surface area contributed by atoms with Crippen molar-refractivity contribution in [1.29, 1.82) is 0 Å². The van der Waals surface area contributed by atoms with Crippen LogP contribution in [-0.2, 0) is 19.7 Å². The van der Waals surface area contributed by atoms with E-state index in [1.807, 2.05) is 24.3 Å². The molecule has 0 saturated carbocycles. The van der Waals surface area contributed by atoms with Gasteiger partial charge in [0.1, 0.15) is 5.01 Å². The number of hydrogen-bond donors (Lipinski definition) is 0. The molecule has 2 aromatic rings. The van der Waals surface area contributed by atoms with Gasteiger partial charge in [-0.25, -0.2) is 4.98 Å². The number of fused-ring (bicyclic) bond motifs is 1. The molecule has 17 heavy (non-hydrogen) atoms. The molecule has 0 aliphatic carbocycles. The summed E-state index contributed by atoms with van der Waals surface area (Å²) in [5.74, 6) is -0.261. The molecular formula is C12H11NO3S. The number of benzene rings is 1. The molecule has 1 aromatic heterocycles. The first-order valence-electron chi connectivity index (χ1n) is 5.28. The first kappa shape index (κ1) is 10.7. The van der Waals surface area contributed by atoms with Crippen LogP contribution in [0.15, 0.2) is 24.3 Å². The number of para-hydroxylation sites is 1. The summed E-state index contributed by atoms with van der Waals surface area (Å²) >= 11 is 1.53. The van der Waals surface area contributed by atoms with Crippen molar-refractivity contribution in [3.63, 3.8) is 0 Å². The molecule has 2 heterocycles. The Hall–Kier alpha value is -1.46. The van der Waals surface area contributed by atoms with Crippen LogP contribution in [0.2, 0.25) is 0 Å². The maximum Gasteiger partial charge on any atom is 0.323 e. The number of hydrogen-bond acceptors (Lipinski definition) is 5. The molecule has 1 fully saturated rings. The predicted octanol–water partition coefficient (Wildman–Crippen LogP) is 1.74. The van der Waals surface area contributed by atoms with Crippen molar-refractivity contribution in [2.45, 2.75) is 5.41 Å². The van der Waals surface area contributed by atoms with Gasteiger partial charge in [0.05, 0.1) is 30.5 Å². The largest absolute Gasteiger partial charge is 0.468 e. The third-order valence-corrected chi connectivity index (χ3v) is 4.22. The average Bonchev–Trinajstić information content (AvgIpc) is 2.70. The molecule has 1 aliphatic heterocycles. The van der Waals surface area contributed by atoms with Crippen molar-refractivity contribution in [2.24, 2.45) is 0 Å². The summed E-state index contributed by atoms with van der Waals surface area (Å²) in [5.41, 5.74) is 0.237. The van der Waals surface area contributed by atoms with E-state index in [1.54, 1.807) is 0 Å². The number of carbonyl (C=O) groups is 1. The molecule has 0 amide bonds. The van der Waals surface area contributed by atoms with Crippen molar-refractivity contribution in [2.75, 3.05) is 20.3 Å². The van der Waals surface area contributed by atoms with Crippen LogP contribution in [-0.4, -0.2) is 31.3 Å². The molecule has 0 bridgehead atoms. The van der Waals surface area contributed by atoms with Crippen LogP contribution < -0.4 is 0 Å². The lowest BCUT2D eigenvalue weighted by Crippen LogP contribution is -2.53. The third kappa shape index (κ3) is 1.46. The molecule has 3 rings (SSSR count). The van der Waals surface area contributed by atoms with E-state index >= 15 is 0 Å². The first-order valence-corrected chi connectivity index (χ1v) is 6.10. The van der Waals surface area contributed by atoms with E-state index in [1.165, 1.54) is 18.4 Å². The van der Waals surface area contributed by atoms with Crippen LogP contribution in [0.3, 0.4) is 0 Å². The van der Waals surface area contributed by atoms with E-state index in [0.717, 1.165) is 15.2 Å². The maximum atomic E-state index is 11.9. The molecule has 0 atom stereocenters. The van der Waals surface area contributed by atoms with Gasteiger partial charge in [-0.1, -0.05) is 12.1 Å². The molecule has 0 radical (unpaired) electrons. The minimum absolute atomic E-state index is 0.261. The molecule has 88 valence electrons. The first-order chi connectivity index (χ1) is 8.26. The Morgan fingerprint density at radius 2 is 2.24 bits per heavy atom. The van der Waals surface area contributed by atoms with Gasteiger partial charge in [0, 0.05) is 0 Å². The van der Waals surface area contributed by atoms with Crippen molar-refractivity contribution in [3.05, 3.63) is 29.3 Å². The van der Waals surface area contributed by atoms with Crippen molar-refractivity contribution < 1.29 is 14.3 Å². The second-order valence-electron chi connectivity index (χ2n) is 4.05. The standard InChI is InChI=1S/C12H11NO3S/c1-15-11(14)12(6-16-7-12)10-13-8-4-2-3-5-9(8)17-10/h2-5H,6-7H2,1H3. The van der Waals surface area contributed by atoms with Gasteiger partial charge in [0.2, 0.25) is 0 Å². The van der Waals surface area contributed by atoms with Crippen LogP contribution in [0.1, 0.15) is 5.01 Å². The Kier molecular flexibility index (Phi) is 2.38. The van der Waals surface area contributed by atoms with Gasteiger partial charge in [0.15, 0.2) is 5.41 Å². The van der Waals surface area contributed by atoms with Crippen molar-refractivity contribution in [3.8, 4) is 0 Å². The minimum atomic E-state index is -0.682. The Bertz CT molecular complexity index is 541. The Morgan fingerprint density at radius 1 is 1.47 bits per heavy atom. The van der Waals surface area contributed by atoms with Gasteiger partial charge in [-0.2, -0.15) is 0 Å². The molecule has 1 aromatic carbocycles. The van der Waals surface area contributed by atoms with Crippen molar-refractivity contribution in [1.82, 2.24) is 4.98 Å². The Labute approximate surface area is 102 Å². The lowest BCUT2D eigenvalue weighted by Gasteiger charge is -2.36. The van der Waals surface area contributed by atoms with Crippen molar-refractivity contribution >= 4 is 27.5 Å². The number of aromatic nitrogens is 1. The normalized spacial score (nSPS) is 17.7. The van der Waals surface area contributed by atoms with E-state index < -0.39 is 5.41 Å². The SMILES string of the molecule is COC(=O)C1(c2nc3ccccc3s2)COC1. The van der Waals surface area contributed by atoms with E-state index in [0.29, 0.717) is 13.2 Å². The van der Waals surface area contributed by atoms with Gasteiger partial charge in [0.25, 0.3) is 0 Å². The number of methoxy groups -OCH3 is 1. The fraction of sp³-hybridized carbons (Fsp3) is 0.333. The zero-order valence-corrected chi connectivity index (χ0v) is 10.1. The molecule has 5 heteroatoms. The lowest BCUT2D eigenvalue weighted by molar-refractivity contribution is -0.166. The number of thiazole rings is 1. The fourth-order valence-electron chi connectivity index (χ4n) is 1.91. The molecule has 0 N–H and O–H groups in total. The summed E-state index contributed by atoms with van der Waals surface area (Å²) in [5, 5.41) is 0.789. The van der Waals surface area contributed by atoms with Crippen LogP contribution in [0.4, 0.5) is 0 Å². The highest BCUT2D eigenvalue weighted by Gasteiger charge is 2.51. The predicted molar refractivity (Wildman–Crippen MR) is 64.1 cm³/mol. The summed E-state index contributed by atoms with van der Waals surface area (Å²) in [6.45, 7) is 0.721. The third-order valence-electron chi connectivity index (χ3n) is 2.98.